The zero-order valence-corrected chi connectivity index (χ0v) is 15.0. The maximum absolute atomic E-state index is 11.7. The molecule has 0 bridgehead atoms. The molecule has 1 unspecified atom stereocenters. The zero-order valence-electron chi connectivity index (χ0n) is 15.0. The van der Waals surface area contributed by atoms with E-state index in [-0.39, 0.29) is 12.1 Å². The standard InChI is InChI=1S/C16H28N6O2/c1-12(11-19-15(23)24-16(2,3)4)21-7-9-22(10-8-21)14-18-6-5-13(17)20-14/h5-6,12H,7-11H2,1-4H3,(H,19,23)(H2,17,18,20). The predicted octanol–water partition coefficient (Wildman–Crippen LogP) is 1.09. The number of nitrogen functional groups attached to an aromatic ring is 1. The summed E-state index contributed by atoms with van der Waals surface area (Å²) in [6, 6.07) is 1.92. The topological polar surface area (TPSA) is 96.6 Å². The number of rotatable bonds is 4. The highest BCUT2D eigenvalue weighted by atomic mass is 16.6. The molecule has 0 aromatic carbocycles. The number of nitrogens with two attached hydrogens (primary N) is 1. The molecular formula is C16H28N6O2. The number of aromatic nitrogens is 2. The Bertz CT molecular complexity index is 552. The molecule has 2 heterocycles. The molecule has 0 saturated carbocycles. The third-order valence-electron chi connectivity index (χ3n) is 3.83. The van der Waals surface area contributed by atoms with Crippen LogP contribution in [0.25, 0.3) is 0 Å². The van der Waals surface area contributed by atoms with Crippen molar-refractivity contribution in [2.75, 3.05) is 43.4 Å². The van der Waals surface area contributed by atoms with Gasteiger partial charge in [0.25, 0.3) is 0 Å². The molecule has 0 spiro atoms. The van der Waals surface area contributed by atoms with Crippen molar-refractivity contribution < 1.29 is 9.53 Å². The van der Waals surface area contributed by atoms with Crippen molar-refractivity contribution in [3.05, 3.63) is 12.3 Å². The van der Waals surface area contributed by atoms with E-state index in [1.165, 1.54) is 0 Å². The van der Waals surface area contributed by atoms with Crippen molar-refractivity contribution in [2.24, 2.45) is 0 Å². The molecule has 1 fully saturated rings. The average Bonchev–Trinajstić information content (AvgIpc) is 2.51. The molecule has 1 aliphatic rings. The van der Waals surface area contributed by atoms with Crippen molar-refractivity contribution in [3.63, 3.8) is 0 Å². The molecular weight excluding hydrogens is 308 g/mol. The Morgan fingerprint density at radius 3 is 2.62 bits per heavy atom. The smallest absolute Gasteiger partial charge is 0.407 e. The van der Waals surface area contributed by atoms with Gasteiger partial charge in [-0.25, -0.2) is 9.78 Å². The van der Waals surface area contributed by atoms with Crippen LogP contribution in [0.4, 0.5) is 16.6 Å². The summed E-state index contributed by atoms with van der Waals surface area (Å²) in [4.78, 5) is 24.7. The molecule has 1 atom stereocenters. The molecule has 8 heteroatoms. The molecule has 3 N–H and O–H groups in total. The summed E-state index contributed by atoms with van der Waals surface area (Å²) in [6.45, 7) is 11.7. The summed E-state index contributed by atoms with van der Waals surface area (Å²) in [5.41, 5.74) is 5.24. The lowest BCUT2D eigenvalue weighted by Crippen LogP contribution is -2.53. The van der Waals surface area contributed by atoms with E-state index in [0.29, 0.717) is 18.3 Å². The molecule has 1 saturated heterocycles. The first-order valence-electron chi connectivity index (χ1n) is 8.29. The molecule has 0 aliphatic carbocycles. The van der Waals surface area contributed by atoms with Gasteiger partial charge in [0.05, 0.1) is 0 Å². The quantitative estimate of drug-likeness (QED) is 0.849. The maximum atomic E-state index is 11.7. The lowest BCUT2D eigenvalue weighted by Gasteiger charge is -2.38. The van der Waals surface area contributed by atoms with Crippen LogP contribution in [0.15, 0.2) is 12.3 Å². The van der Waals surface area contributed by atoms with Crippen molar-refractivity contribution >= 4 is 17.9 Å². The summed E-state index contributed by atoms with van der Waals surface area (Å²) in [7, 11) is 0. The number of hydrogen-bond acceptors (Lipinski definition) is 7. The Kier molecular flexibility index (Phi) is 5.82. The van der Waals surface area contributed by atoms with Crippen molar-refractivity contribution in [2.45, 2.75) is 39.3 Å². The first-order chi connectivity index (χ1) is 11.2. The highest BCUT2D eigenvalue weighted by Gasteiger charge is 2.23. The van der Waals surface area contributed by atoms with Gasteiger partial charge < -0.3 is 20.7 Å². The number of anilines is 2. The van der Waals surface area contributed by atoms with Gasteiger partial charge in [0.15, 0.2) is 0 Å². The Morgan fingerprint density at radius 1 is 1.38 bits per heavy atom. The normalized spacial score (nSPS) is 17.4. The van der Waals surface area contributed by atoms with Gasteiger partial charge in [0.1, 0.15) is 11.4 Å². The number of hydrogen-bond donors (Lipinski definition) is 2. The van der Waals surface area contributed by atoms with E-state index in [4.69, 9.17) is 10.5 Å². The van der Waals surface area contributed by atoms with Gasteiger partial charge in [-0.15, -0.1) is 0 Å². The van der Waals surface area contributed by atoms with E-state index in [2.05, 4.69) is 32.0 Å². The van der Waals surface area contributed by atoms with Crippen LogP contribution in [0.2, 0.25) is 0 Å². The summed E-state index contributed by atoms with van der Waals surface area (Å²) in [5.74, 6) is 1.16. The monoisotopic (exact) mass is 336 g/mol. The number of nitrogens with zero attached hydrogens (tertiary/aromatic N) is 4. The summed E-state index contributed by atoms with van der Waals surface area (Å²) in [5, 5.41) is 2.83. The van der Waals surface area contributed by atoms with Crippen molar-refractivity contribution in [1.82, 2.24) is 20.2 Å². The maximum Gasteiger partial charge on any atom is 0.407 e. The van der Waals surface area contributed by atoms with Gasteiger partial charge in [0, 0.05) is 45.0 Å². The first kappa shape index (κ1) is 18.3. The van der Waals surface area contributed by atoms with Gasteiger partial charge in [0.2, 0.25) is 5.95 Å². The van der Waals surface area contributed by atoms with E-state index in [1.807, 2.05) is 20.8 Å². The second-order valence-electron chi connectivity index (χ2n) is 7.04. The highest BCUT2D eigenvalue weighted by molar-refractivity contribution is 5.67. The van der Waals surface area contributed by atoms with Crippen LogP contribution in [0.1, 0.15) is 27.7 Å². The number of piperazine rings is 1. The molecule has 1 aromatic rings. The predicted molar refractivity (Wildman–Crippen MR) is 93.9 cm³/mol. The Hall–Kier alpha value is -2.09. The molecule has 24 heavy (non-hydrogen) atoms. The van der Waals surface area contributed by atoms with Gasteiger partial charge in [-0.05, 0) is 33.8 Å². The molecule has 134 valence electrons. The van der Waals surface area contributed by atoms with Gasteiger partial charge in [-0.1, -0.05) is 0 Å². The Labute approximate surface area is 143 Å². The summed E-state index contributed by atoms with van der Waals surface area (Å²) in [6.07, 6.45) is 1.30. The third kappa shape index (κ3) is 5.52. The molecule has 8 nitrogen and oxygen atoms in total. The number of alkyl carbamates (subject to hydrolysis) is 1. The summed E-state index contributed by atoms with van der Waals surface area (Å²) >= 11 is 0. The van der Waals surface area contributed by atoms with E-state index >= 15 is 0 Å². The highest BCUT2D eigenvalue weighted by Crippen LogP contribution is 2.13. The van der Waals surface area contributed by atoms with Gasteiger partial charge >= 0.3 is 6.09 Å². The van der Waals surface area contributed by atoms with Crippen LogP contribution < -0.4 is 16.0 Å². The summed E-state index contributed by atoms with van der Waals surface area (Å²) < 4.78 is 5.26. The minimum Gasteiger partial charge on any atom is -0.444 e. The lowest BCUT2D eigenvalue weighted by molar-refractivity contribution is 0.0508. The van der Waals surface area contributed by atoms with Crippen LogP contribution in [-0.2, 0) is 4.74 Å². The van der Waals surface area contributed by atoms with E-state index in [1.54, 1.807) is 12.3 Å². The van der Waals surface area contributed by atoms with E-state index in [9.17, 15) is 4.79 Å². The van der Waals surface area contributed by atoms with Crippen LogP contribution in [-0.4, -0.2) is 65.3 Å². The second kappa shape index (κ2) is 7.65. The fourth-order valence-corrected chi connectivity index (χ4v) is 2.55. The number of ether oxygens (including phenoxy) is 1. The fraction of sp³-hybridized carbons (Fsp3) is 0.688. The van der Waals surface area contributed by atoms with E-state index < -0.39 is 5.60 Å². The van der Waals surface area contributed by atoms with Crippen LogP contribution in [0.5, 0.6) is 0 Å². The lowest BCUT2D eigenvalue weighted by atomic mass is 10.2. The number of nitrogens with one attached hydrogen (secondary N) is 1. The van der Waals surface area contributed by atoms with Crippen LogP contribution >= 0.6 is 0 Å². The van der Waals surface area contributed by atoms with Crippen LogP contribution in [0, 0.1) is 0 Å². The minimum atomic E-state index is -0.476. The minimum absolute atomic E-state index is 0.237. The van der Waals surface area contributed by atoms with E-state index in [0.717, 1.165) is 26.2 Å². The second-order valence-corrected chi connectivity index (χ2v) is 7.04. The average molecular weight is 336 g/mol. The number of carbonyl (C=O) groups excluding carboxylic acids is 1. The fourth-order valence-electron chi connectivity index (χ4n) is 2.55. The largest absolute Gasteiger partial charge is 0.444 e. The Morgan fingerprint density at radius 2 is 2.04 bits per heavy atom. The van der Waals surface area contributed by atoms with Crippen molar-refractivity contribution in [1.29, 1.82) is 0 Å². The number of carbonyl (C=O) groups is 1. The molecule has 0 radical (unpaired) electrons. The van der Waals surface area contributed by atoms with Gasteiger partial charge in [-0.3, -0.25) is 4.90 Å². The van der Waals surface area contributed by atoms with Crippen molar-refractivity contribution in [3.8, 4) is 0 Å². The zero-order chi connectivity index (χ0) is 17.7. The molecule has 1 amide bonds. The van der Waals surface area contributed by atoms with Crippen LogP contribution in [0.3, 0.4) is 0 Å². The molecule has 1 aliphatic heterocycles. The number of amides is 1. The Balaban J connectivity index is 1.76. The molecule has 1 aromatic heterocycles. The molecule has 2 rings (SSSR count). The third-order valence-corrected chi connectivity index (χ3v) is 3.83. The first-order valence-corrected chi connectivity index (χ1v) is 8.29. The SMILES string of the molecule is CC(CNC(=O)OC(C)(C)C)N1CCN(c2nccc(N)n2)CC1. The van der Waals surface area contributed by atoms with Gasteiger partial charge in [-0.2, -0.15) is 4.98 Å².